The van der Waals surface area contributed by atoms with Crippen LogP contribution in [-0.4, -0.2) is 47.9 Å². The molecule has 1 saturated carbocycles. The van der Waals surface area contributed by atoms with Crippen LogP contribution in [0.2, 0.25) is 0 Å². The van der Waals surface area contributed by atoms with E-state index in [1.165, 1.54) is 7.11 Å². The van der Waals surface area contributed by atoms with Gasteiger partial charge < -0.3 is 15.0 Å². The van der Waals surface area contributed by atoms with Crippen LogP contribution < -0.4 is 10.1 Å². The summed E-state index contributed by atoms with van der Waals surface area (Å²) >= 11 is 0. The molecule has 0 spiro atoms. The van der Waals surface area contributed by atoms with Crippen LogP contribution in [0.15, 0.2) is 30.3 Å². The smallest absolute Gasteiger partial charge is 0.245 e. The Morgan fingerprint density at radius 1 is 1.26 bits per heavy atom. The Balaban J connectivity index is 1.59. The van der Waals surface area contributed by atoms with Crippen molar-refractivity contribution in [1.29, 1.82) is 0 Å². The van der Waals surface area contributed by atoms with Gasteiger partial charge in [-0.2, -0.15) is 0 Å². The first-order valence-electron chi connectivity index (χ1n) is 11.7. The average molecular weight is 472 g/mol. The summed E-state index contributed by atoms with van der Waals surface area (Å²) in [5, 5.41) is 2.82. The van der Waals surface area contributed by atoms with Gasteiger partial charge in [-0.1, -0.05) is 19.9 Å². The molecule has 1 aliphatic heterocycles. The molecule has 1 aromatic carbocycles. The number of pyridine rings is 1. The standard InChI is InChI=1S/C26H31F2N3O3/c1-15(2)13-31-14-18(23-19(27)10-17(34-4)11-20(23)28)24(25(31)33)30-22(32)12-26(8-9-26)21-7-5-6-16(3)29-21/h5-7,10-11,15,18,24H,8-9,12-14H2,1-4H3,(H,30,32)/t18-,24-/m0/s1. The Morgan fingerprint density at radius 3 is 2.50 bits per heavy atom. The number of nitrogens with one attached hydrogen (secondary N) is 1. The van der Waals surface area contributed by atoms with Crippen molar-refractivity contribution in [1.82, 2.24) is 15.2 Å². The number of hydrogen-bond donors (Lipinski definition) is 1. The summed E-state index contributed by atoms with van der Waals surface area (Å²) in [6, 6.07) is 6.92. The van der Waals surface area contributed by atoms with Crippen LogP contribution in [0.3, 0.4) is 0 Å². The first-order chi connectivity index (χ1) is 16.1. The fraction of sp³-hybridized carbons (Fsp3) is 0.500. The number of aromatic nitrogens is 1. The number of carbonyl (C=O) groups excluding carboxylic acids is 2. The van der Waals surface area contributed by atoms with Crippen molar-refractivity contribution >= 4 is 11.8 Å². The molecular weight excluding hydrogens is 440 g/mol. The number of aryl methyl sites for hydroxylation is 1. The van der Waals surface area contributed by atoms with Gasteiger partial charge in [0.25, 0.3) is 0 Å². The predicted octanol–water partition coefficient (Wildman–Crippen LogP) is 3.87. The molecule has 182 valence electrons. The van der Waals surface area contributed by atoms with Crippen molar-refractivity contribution < 1.29 is 23.1 Å². The highest BCUT2D eigenvalue weighted by molar-refractivity contribution is 5.91. The van der Waals surface area contributed by atoms with Gasteiger partial charge in [-0.15, -0.1) is 0 Å². The predicted molar refractivity (Wildman–Crippen MR) is 124 cm³/mol. The number of carbonyl (C=O) groups is 2. The summed E-state index contributed by atoms with van der Waals surface area (Å²) in [5.74, 6) is -2.82. The Morgan fingerprint density at radius 2 is 1.94 bits per heavy atom. The van der Waals surface area contributed by atoms with Crippen LogP contribution in [0.1, 0.15) is 56.0 Å². The molecule has 2 fully saturated rings. The van der Waals surface area contributed by atoms with Crippen LogP contribution in [-0.2, 0) is 15.0 Å². The molecule has 34 heavy (non-hydrogen) atoms. The number of likely N-dealkylation sites (tertiary alicyclic amines) is 1. The van der Waals surface area contributed by atoms with E-state index >= 15 is 0 Å². The zero-order valence-electron chi connectivity index (χ0n) is 20.0. The fourth-order valence-electron chi connectivity index (χ4n) is 4.90. The SMILES string of the molecule is COc1cc(F)c([C@@H]2CN(CC(C)C)C(=O)[C@H]2NC(=O)CC2(c3cccc(C)n3)CC2)c(F)c1. The van der Waals surface area contributed by atoms with Crippen LogP contribution in [0.5, 0.6) is 5.75 Å². The van der Waals surface area contributed by atoms with Crippen molar-refractivity contribution in [3.63, 3.8) is 0 Å². The summed E-state index contributed by atoms with van der Waals surface area (Å²) in [6.07, 6.45) is 1.85. The topological polar surface area (TPSA) is 71.5 Å². The van der Waals surface area contributed by atoms with Gasteiger partial charge >= 0.3 is 0 Å². The molecule has 2 atom stereocenters. The number of ether oxygens (including phenoxy) is 1. The van der Waals surface area contributed by atoms with Gasteiger partial charge in [-0.3, -0.25) is 14.6 Å². The highest BCUT2D eigenvalue weighted by Crippen LogP contribution is 2.50. The van der Waals surface area contributed by atoms with Gasteiger partial charge in [0, 0.05) is 59.9 Å². The van der Waals surface area contributed by atoms with E-state index in [1.807, 2.05) is 39.0 Å². The zero-order chi connectivity index (χ0) is 24.6. The highest BCUT2D eigenvalue weighted by Gasteiger charge is 2.49. The Bertz CT molecular complexity index is 1080. The molecule has 6 nitrogen and oxygen atoms in total. The molecule has 4 rings (SSSR count). The van der Waals surface area contributed by atoms with E-state index in [2.05, 4.69) is 10.3 Å². The second-order valence-corrected chi connectivity index (χ2v) is 9.91. The highest BCUT2D eigenvalue weighted by atomic mass is 19.1. The molecule has 2 heterocycles. The lowest BCUT2D eigenvalue weighted by Crippen LogP contribution is -2.45. The monoisotopic (exact) mass is 471 g/mol. The van der Waals surface area contributed by atoms with Crippen LogP contribution >= 0.6 is 0 Å². The number of halogens is 2. The third-order valence-electron chi connectivity index (χ3n) is 6.74. The maximum Gasteiger partial charge on any atom is 0.245 e. The van der Waals surface area contributed by atoms with Crippen molar-refractivity contribution in [2.45, 2.75) is 57.4 Å². The normalized spacial score (nSPS) is 21.1. The lowest BCUT2D eigenvalue weighted by Gasteiger charge is -2.22. The zero-order valence-corrected chi connectivity index (χ0v) is 20.0. The molecule has 1 aliphatic carbocycles. The molecule has 1 aromatic heterocycles. The summed E-state index contributed by atoms with van der Waals surface area (Å²) in [6.45, 7) is 6.41. The van der Waals surface area contributed by atoms with Crippen molar-refractivity contribution in [3.05, 3.63) is 58.9 Å². The maximum absolute atomic E-state index is 14.9. The minimum absolute atomic E-state index is 0.0593. The van der Waals surface area contributed by atoms with E-state index < -0.39 is 23.6 Å². The molecule has 0 bridgehead atoms. The van der Waals surface area contributed by atoms with Crippen molar-refractivity contribution in [3.8, 4) is 5.75 Å². The number of rotatable bonds is 8. The van der Waals surface area contributed by atoms with Gasteiger partial charge in [0.15, 0.2) is 0 Å². The van der Waals surface area contributed by atoms with E-state index in [4.69, 9.17) is 4.74 Å². The van der Waals surface area contributed by atoms with E-state index in [0.717, 1.165) is 36.4 Å². The van der Waals surface area contributed by atoms with E-state index in [0.29, 0.717) is 6.54 Å². The molecule has 0 unspecified atom stereocenters. The first-order valence-corrected chi connectivity index (χ1v) is 11.7. The van der Waals surface area contributed by atoms with E-state index in [1.54, 1.807) is 4.90 Å². The maximum atomic E-state index is 14.9. The molecule has 2 amide bonds. The lowest BCUT2D eigenvalue weighted by molar-refractivity contribution is -0.133. The van der Waals surface area contributed by atoms with Gasteiger partial charge in [-0.25, -0.2) is 8.78 Å². The third kappa shape index (κ3) is 4.76. The molecule has 2 aromatic rings. The van der Waals surface area contributed by atoms with Crippen LogP contribution in [0.4, 0.5) is 8.78 Å². The number of nitrogens with zero attached hydrogens (tertiary/aromatic N) is 2. The van der Waals surface area contributed by atoms with Gasteiger partial charge in [0.1, 0.15) is 23.4 Å². The molecule has 1 saturated heterocycles. The minimum atomic E-state index is -1.04. The molecule has 0 radical (unpaired) electrons. The van der Waals surface area contributed by atoms with Crippen molar-refractivity contribution in [2.75, 3.05) is 20.2 Å². The number of methoxy groups -OCH3 is 1. The van der Waals surface area contributed by atoms with Crippen LogP contribution in [0, 0.1) is 24.5 Å². The number of benzene rings is 1. The third-order valence-corrected chi connectivity index (χ3v) is 6.74. The molecular formula is C26H31F2N3O3. The average Bonchev–Trinajstić information content (AvgIpc) is 3.49. The largest absolute Gasteiger partial charge is 0.497 e. The minimum Gasteiger partial charge on any atom is -0.497 e. The van der Waals surface area contributed by atoms with Gasteiger partial charge in [0.05, 0.1) is 7.11 Å². The number of hydrogen-bond acceptors (Lipinski definition) is 4. The fourth-order valence-corrected chi connectivity index (χ4v) is 4.90. The summed E-state index contributed by atoms with van der Waals surface area (Å²) < 4.78 is 34.9. The molecule has 1 N–H and O–H groups in total. The molecule has 8 heteroatoms. The Kier molecular flexibility index (Phi) is 6.60. The van der Waals surface area contributed by atoms with E-state index in [-0.39, 0.29) is 47.4 Å². The van der Waals surface area contributed by atoms with Crippen LogP contribution in [0.25, 0.3) is 0 Å². The summed E-state index contributed by atoms with van der Waals surface area (Å²) in [7, 11) is 1.33. The molecule has 2 aliphatic rings. The Hall–Kier alpha value is -3.03. The number of amides is 2. The quantitative estimate of drug-likeness (QED) is 0.635. The second kappa shape index (κ2) is 9.31. The van der Waals surface area contributed by atoms with Crippen molar-refractivity contribution in [2.24, 2.45) is 5.92 Å². The van der Waals surface area contributed by atoms with E-state index in [9.17, 15) is 18.4 Å². The first kappa shape index (κ1) is 24.1. The summed E-state index contributed by atoms with van der Waals surface area (Å²) in [4.78, 5) is 32.5. The van der Waals surface area contributed by atoms with Gasteiger partial charge in [0.2, 0.25) is 11.8 Å². The second-order valence-electron chi connectivity index (χ2n) is 9.91. The lowest BCUT2D eigenvalue weighted by atomic mass is 9.91. The Labute approximate surface area is 198 Å². The van der Waals surface area contributed by atoms with Gasteiger partial charge in [-0.05, 0) is 37.8 Å². The summed E-state index contributed by atoms with van der Waals surface area (Å²) in [5.41, 5.74) is 1.20.